The van der Waals surface area contributed by atoms with Gasteiger partial charge in [-0.25, -0.2) is 4.98 Å². The summed E-state index contributed by atoms with van der Waals surface area (Å²) < 4.78 is 0. The van der Waals surface area contributed by atoms with Gasteiger partial charge >= 0.3 is 0 Å². The largest absolute Gasteiger partial charge is 0.383 e. The first-order valence-corrected chi connectivity index (χ1v) is 8.79. The zero-order valence-corrected chi connectivity index (χ0v) is 15.1. The second-order valence-corrected chi connectivity index (χ2v) is 6.01. The fourth-order valence-electron chi connectivity index (χ4n) is 3.11. The molecule has 0 radical (unpaired) electrons. The van der Waals surface area contributed by atoms with Gasteiger partial charge in [0.1, 0.15) is 17.5 Å². The van der Waals surface area contributed by atoms with Gasteiger partial charge in [-0.2, -0.15) is 5.26 Å². The first kappa shape index (κ1) is 17.5. The molecule has 4 heteroatoms. The second kappa shape index (κ2) is 7.71. The summed E-state index contributed by atoms with van der Waals surface area (Å²) in [5.74, 6) is 0.261. The maximum absolute atomic E-state index is 9.56. The van der Waals surface area contributed by atoms with E-state index in [2.05, 4.69) is 41.9 Å². The van der Waals surface area contributed by atoms with Gasteiger partial charge in [0.15, 0.2) is 0 Å². The summed E-state index contributed by atoms with van der Waals surface area (Å²) in [5.41, 5.74) is 11.2. The Morgan fingerprint density at radius 2 is 1.62 bits per heavy atom. The van der Waals surface area contributed by atoms with Crippen LogP contribution in [0.4, 0.5) is 11.5 Å². The number of hydrogen-bond donors (Lipinski definition) is 1. The van der Waals surface area contributed by atoms with Crippen molar-refractivity contribution in [3.63, 3.8) is 0 Å². The molecule has 1 heterocycles. The number of benzene rings is 2. The highest BCUT2D eigenvalue weighted by Gasteiger charge is 2.13. The smallest absolute Gasteiger partial charge is 0.142 e. The van der Waals surface area contributed by atoms with Gasteiger partial charge in [-0.05, 0) is 37.6 Å². The van der Waals surface area contributed by atoms with Crippen molar-refractivity contribution in [3.05, 3.63) is 66.2 Å². The molecule has 3 aromatic rings. The molecule has 0 spiro atoms. The molecule has 0 aliphatic heterocycles. The topological polar surface area (TPSA) is 65.9 Å². The summed E-state index contributed by atoms with van der Waals surface area (Å²) in [5, 5.41) is 9.56. The SMILES string of the molecule is CCN(CC)c1ccc(-c2cc(-c3ccccc3)nc(N)c2C#N)cc1. The highest BCUT2D eigenvalue weighted by atomic mass is 15.1. The number of rotatable bonds is 5. The summed E-state index contributed by atoms with van der Waals surface area (Å²) in [6, 6.07) is 22.3. The van der Waals surface area contributed by atoms with Crippen LogP contribution in [0.25, 0.3) is 22.4 Å². The second-order valence-electron chi connectivity index (χ2n) is 6.01. The van der Waals surface area contributed by atoms with E-state index >= 15 is 0 Å². The molecule has 2 N–H and O–H groups in total. The predicted molar refractivity (Wildman–Crippen MR) is 108 cm³/mol. The average Bonchev–Trinajstić information content (AvgIpc) is 2.69. The molecule has 1 aromatic heterocycles. The van der Waals surface area contributed by atoms with Gasteiger partial charge in [-0.1, -0.05) is 42.5 Å². The minimum atomic E-state index is 0.261. The molecular weight excluding hydrogens is 320 g/mol. The Bertz CT molecular complexity index is 921. The van der Waals surface area contributed by atoms with Gasteiger partial charge in [0, 0.05) is 29.9 Å². The number of pyridine rings is 1. The molecule has 26 heavy (non-hydrogen) atoms. The number of hydrogen-bond acceptors (Lipinski definition) is 4. The Kier molecular flexibility index (Phi) is 5.19. The van der Waals surface area contributed by atoms with Crippen molar-refractivity contribution >= 4 is 11.5 Å². The van der Waals surface area contributed by atoms with Gasteiger partial charge < -0.3 is 10.6 Å². The van der Waals surface area contributed by atoms with E-state index in [1.54, 1.807) is 0 Å². The summed E-state index contributed by atoms with van der Waals surface area (Å²) >= 11 is 0. The van der Waals surface area contributed by atoms with Crippen molar-refractivity contribution < 1.29 is 0 Å². The molecule has 2 aromatic carbocycles. The highest BCUT2D eigenvalue weighted by molar-refractivity contribution is 5.80. The fraction of sp³-hybridized carbons (Fsp3) is 0.182. The zero-order chi connectivity index (χ0) is 18.5. The van der Waals surface area contributed by atoms with Crippen LogP contribution in [-0.4, -0.2) is 18.1 Å². The molecular formula is C22H22N4. The van der Waals surface area contributed by atoms with Gasteiger partial charge in [-0.15, -0.1) is 0 Å². The van der Waals surface area contributed by atoms with E-state index < -0.39 is 0 Å². The van der Waals surface area contributed by atoms with Crippen molar-refractivity contribution in [2.45, 2.75) is 13.8 Å². The van der Waals surface area contributed by atoms with Gasteiger partial charge in [0.25, 0.3) is 0 Å². The first-order chi connectivity index (χ1) is 12.7. The Hall–Kier alpha value is -3.32. The summed E-state index contributed by atoms with van der Waals surface area (Å²) in [6.45, 7) is 6.20. The van der Waals surface area contributed by atoms with Crippen LogP contribution in [0, 0.1) is 11.3 Å². The molecule has 0 saturated heterocycles. The van der Waals surface area contributed by atoms with Crippen LogP contribution in [0.15, 0.2) is 60.7 Å². The van der Waals surface area contributed by atoms with Gasteiger partial charge in [0.05, 0.1) is 5.69 Å². The molecule has 0 bridgehead atoms. The molecule has 0 atom stereocenters. The van der Waals surface area contributed by atoms with Crippen molar-refractivity contribution in [2.75, 3.05) is 23.7 Å². The van der Waals surface area contributed by atoms with Crippen LogP contribution in [0.2, 0.25) is 0 Å². The Morgan fingerprint density at radius 1 is 0.962 bits per heavy atom. The van der Waals surface area contributed by atoms with Crippen LogP contribution in [0.1, 0.15) is 19.4 Å². The predicted octanol–water partition coefficient (Wildman–Crippen LogP) is 4.72. The molecule has 0 aliphatic carbocycles. The number of anilines is 2. The molecule has 0 aliphatic rings. The number of nitriles is 1. The minimum Gasteiger partial charge on any atom is -0.383 e. The van der Waals surface area contributed by atoms with Crippen LogP contribution >= 0.6 is 0 Å². The third-order valence-corrected chi connectivity index (χ3v) is 4.54. The first-order valence-electron chi connectivity index (χ1n) is 8.79. The number of nitrogen functional groups attached to an aromatic ring is 1. The molecule has 0 fully saturated rings. The van der Waals surface area contributed by atoms with E-state index in [1.165, 1.54) is 5.69 Å². The van der Waals surface area contributed by atoms with E-state index in [-0.39, 0.29) is 5.82 Å². The Balaban J connectivity index is 2.09. The summed E-state index contributed by atoms with van der Waals surface area (Å²) in [7, 11) is 0. The molecule has 0 saturated carbocycles. The summed E-state index contributed by atoms with van der Waals surface area (Å²) in [4.78, 5) is 6.70. The van der Waals surface area contributed by atoms with Gasteiger partial charge in [-0.3, -0.25) is 0 Å². The lowest BCUT2D eigenvalue weighted by molar-refractivity contribution is 0.866. The average molecular weight is 342 g/mol. The van der Waals surface area contributed by atoms with Crippen molar-refractivity contribution in [1.29, 1.82) is 5.26 Å². The van der Waals surface area contributed by atoms with E-state index in [1.807, 2.05) is 48.5 Å². The number of aromatic nitrogens is 1. The molecule has 3 rings (SSSR count). The van der Waals surface area contributed by atoms with E-state index in [0.717, 1.165) is 35.5 Å². The fourth-order valence-corrected chi connectivity index (χ4v) is 3.11. The highest BCUT2D eigenvalue weighted by Crippen LogP contribution is 2.32. The van der Waals surface area contributed by atoms with Crippen molar-refractivity contribution in [3.8, 4) is 28.5 Å². The maximum Gasteiger partial charge on any atom is 0.142 e. The quantitative estimate of drug-likeness (QED) is 0.729. The normalized spacial score (nSPS) is 10.3. The van der Waals surface area contributed by atoms with Crippen LogP contribution in [0.5, 0.6) is 0 Å². The minimum absolute atomic E-state index is 0.261. The lowest BCUT2D eigenvalue weighted by Crippen LogP contribution is -2.21. The van der Waals surface area contributed by atoms with Crippen LogP contribution in [0.3, 0.4) is 0 Å². The van der Waals surface area contributed by atoms with Crippen LogP contribution in [-0.2, 0) is 0 Å². The van der Waals surface area contributed by atoms with E-state index in [9.17, 15) is 5.26 Å². The molecule has 4 nitrogen and oxygen atoms in total. The third-order valence-electron chi connectivity index (χ3n) is 4.54. The Labute approximate surface area is 154 Å². The lowest BCUT2D eigenvalue weighted by Gasteiger charge is -2.21. The third kappa shape index (κ3) is 3.38. The van der Waals surface area contributed by atoms with Crippen molar-refractivity contribution in [1.82, 2.24) is 4.98 Å². The lowest BCUT2D eigenvalue weighted by atomic mass is 9.98. The van der Waals surface area contributed by atoms with Crippen LogP contribution < -0.4 is 10.6 Å². The maximum atomic E-state index is 9.56. The molecule has 0 amide bonds. The number of nitrogens with zero attached hydrogens (tertiary/aromatic N) is 3. The summed E-state index contributed by atoms with van der Waals surface area (Å²) in [6.07, 6.45) is 0. The van der Waals surface area contributed by atoms with E-state index in [0.29, 0.717) is 5.56 Å². The standard InChI is InChI=1S/C22H22N4/c1-3-26(4-2)18-12-10-16(11-13-18)19-14-21(17-8-6-5-7-9-17)25-22(24)20(19)15-23/h5-14H,3-4H2,1-2H3,(H2,24,25). The van der Waals surface area contributed by atoms with Gasteiger partial charge in [0.2, 0.25) is 0 Å². The number of nitrogens with two attached hydrogens (primary N) is 1. The Morgan fingerprint density at radius 3 is 2.19 bits per heavy atom. The van der Waals surface area contributed by atoms with Crippen molar-refractivity contribution in [2.24, 2.45) is 0 Å². The molecule has 130 valence electrons. The monoisotopic (exact) mass is 342 g/mol. The molecule has 0 unspecified atom stereocenters. The van der Waals surface area contributed by atoms with E-state index in [4.69, 9.17) is 5.73 Å². The zero-order valence-electron chi connectivity index (χ0n) is 15.1.